The van der Waals surface area contributed by atoms with Gasteiger partial charge in [0.2, 0.25) is 18.8 Å². The maximum atomic E-state index is 10.4. The van der Waals surface area contributed by atoms with Gasteiger partial charge in [-0.25, -0.2) is 15.0 Å². The van der Waals surface area contributed by atoms with Gasteiger partial charge >= 0.3 is 0 Å². The molecule has 0 fully saturated rings. The highest BCUT2D eigenvalue weighted by Gasteiger charge is 2.03. The lowest BCUT2D eigenvalue weighted by atomic mass is 10.1. The summed E-state index contributed by atoms with van der Waals surface area (Å²) >= 11 is 0. The average Bonchev–Trinajstić information content (AvgIpc) is 2.56. The highest BCUT2D eigenvalue weighted by Crippen LogP contribution is 2.24. The molecule has 0 bridgehead atoms. The van der Waals surface area contributed by atoms with Crippen molar-refractivity contribution in [1.29, 1.82) is 0 Å². The first-order valence-corrected chi connectivity index (χ1v) is 6.44. The van der Waals surface area contributed by atoms with Crippen LogP contribution in [-0.4, -0.2) is 27.8 Å². The summed E-state index contributed by atoms with van der Waals surface area (Å²) in [5.74, 6) is 0.758. The summed E-state index contributed by atoms with van der Waals surface area (Å²) in [6, 6.07) is 9.32. The molecule has 22 heavy (non-hydrogen) atoms. The number of nitrogens with zero attached hydrogens (tertiary/aromatic N) is 3. The highest BCUT2D eigenvalue weighted by atomic mass is 16.1. The number of hydrogen-bond acceptors (Lipinski definition) is 5. The van der Waals surface area contributed by atoms with Crippen LogP contribution in [0.1, 0.15) is 0 Å². The number of fused-ring (bicyclic) bond motifs is 1. The van der Waals surface area contributed by atoms with Crippen LogP contribution in [0.25, 0.3) is 22.0 Å². The van der Waals surface area contributed by atoms with Crippen molar-refractivity contribution in [2.45, 2.75) is 0 Å². The lowest BCUT2D eigenvalue weighted by Crippen LogP contribution is -1.99. The largest absolute Gasteiger partial charge is 0.313 e. The third-order valence-electron chi connectivity index (χ3n) is 3.07. The number of amides is 2. The lowest BCUT2D eigenvalue weighted by Gasteiger charge is -2.05. The molecule has 7 heteroatoms. The van der Waals surface area contributed by atoms with Crippen LogP contribution in [0.15, 0.2) is 42.7 Å². The Morgan fingerprint density at radius 1 is 0.864 bits per heavy atom. The van der Waals surface area contributed by atoms with E-state index in [-0.39, 0.29) is 5.95 Å². The van der Waals surface area contributed by atoms with Gasteiger partial charge < -0.3 is 5.32 Å². The van der Waals surface area contributed by atoms with Crippen molar-refractivity contribution < 1.29 is 9.59 Å². The summed E-state index contributed by atoms with van der Waals surface area (Å²) < 4.78 is 0. The fourth-order valence-electron chi connectivity index (χ4n) is 2.05. The smallest absolute Gasteiger partial charge is 0.229 e. The van der Waals surface area contributed by atoms with Crippen molar-refractivity contribution in [3.8, 4) is 11.1 Å². The van der Waals surface area contributed by atoms with Crippen LogP contribution < -0.4 is 10.6 Å². The second-order valence-corrected chi connectivity index (χ2v) is 4.42. The fraction of sp³-hybridized carbons (Fsp3) is 0. The maximum Gasteiger partial charge on any atom is 0.229 e. The molecule has 0 aliphatic carbocycles. The molecule has 3 aromatic rings. The fourth-order valence-corrected chi connectivity index (χ4v) is 2.05. The first-order chi connectivity index (χ1) is 10.8. The molecule has 2 N–H and O–H groups in total. The standard InChI is InChI=1S/C15H11N5O2/c21-8-18-14-4-2-11-5-10(1-3-13(11)20-14)12-6-16-15(17-7-12)19-9-22/h1-9H,(H,18,20,21)(H,16,17,19,22). The first kappa shape index (κ1) is 13.6. The van der Waals surface area contributed by atoms with E-state index in [0.717, 1.165) is 22.0 Å². The third-order valence-corrected chi connectivity index (χ3v) is 3.07. The van der Waals surface area contributed by atoms with Crippen molar-refractivity contribution >= 4 is 35.5 Å². The normalized spacial score (nSPS) is 10.2. The maximum absolute atomic E-state index is 10.4. The van der Waals surface area contributed by atoms with E-state index >= 15 is 0 Å². The zero-order valence-electron chi connectivity index (χ0n) is 11.4. The Labute approximate surface area is 125 Å². The van der Waals surface area contributed by atoms with E-state index in [4.69, 9.17) is 0 Å². The van der Waals surface area contributed by atoms with Crippen LogP contribution >= 0.6 is 0 Å². The molecule has 0 saturated heterocycles. The number of hydrogen-bond donors (Lipinski definition) is 2. The molecule has 0 saturated carbocycles. The van der Waals surface area contributed by atoms with Gasteiger partial charge in [0.15, 0.2) is 0 Å². The number of carbonyl (C=O) groups is 2. The van der Waals surface area contributed by atoms with E-state index in [2.05, 4.69) is 25.6 Å². The van der Waals surface area contributed by atoms with Crippen molar-refractivity contribution in [1.82, 2.24) is 15.0 Å². The predicted octanol–water partition coefficient (Wildman–Crippen LogP) is 1.83. The van der Waals surface area contributed by atoms with Crippen LogP contribution in [-0.2, 0) is 9.59 Å². The second-order valence-electron chi connectivity index (χ2n) is 4.42. The van der Waals surface area contributed by atoms with Gasteiger partial charge in [-0.2, -0.15) is 0 Å². The van der Waals surface area contributed by atoms with Crippen molar-refractivity contribution in [2.24, 2.45) is 0 Å². The van der Waals surface area contributed by atoms with E-state index in [0.29, 0.717) is 18.6 Å². The number of anilines is 2. The Kier molecular flexibility index (Phi) is 3.69. The number of pyridine rings is 1. The molecular formula is C15H11N5O2. The predicted molar refractivity (Wildman–Crippen MR) is 82.1 cm³/mol. The molecule has 2 aromatic heterocycles. The van der Waals surface area contributed by atoms with E-state index in [1.165, 1.54) is 0 Å². The molecule has 2 amide bonds. The Hall–Kier alpha value is -3.35. The van der Waals surface area contributed by atoms with Gasteiger partial charge in [0.05, 0.1) is 5.52 Å². The molecule has 1 aromatic carbocycles. The second kappa shape index (κ2) is 5.96. The van der Waals surface area contributed by atoms with Gasteiger partial charge in [-0.3, -0.25) is 14.9 Å². The van der Waals surface area contributed by atoms with Gasteiger partial charge in [0, 0.05) is 23.3 Å². The van der Waals surface area contributed by atoms with Gasteiger partial charge in [-0.1, -0.05) is 6.07 Å². The minimum atomic E-state index is 0.255. The van der Waals surface area contributed by atoms with Crippen LogP contribution in [0.2, 0.25) is 0 Å². The van der Waals surface area contributed by atoms with Crippen LogP contribution in [0, 0.1) is 0 Å². The minimum absolute atomic E-state index is 0.255. The zero-order valence-corrected chi connectivity index (χ0v) is 11.4. The van der Waals surface area contributed by atoms with Crippen LogP contribution in [0.5, 0.6) is 0 Å². The molecule has 0 spiro atoms. The third kappa shape index (κ3) is 2.73. The summed E-state index contributed by atoms with van der Waals surface area (Å²) in [6.45, 7) is 0. The number of carbonyl (C=O) groups excluding carboxylic acids is 2. The summed E-state index contributed by atoms with van der Waals surface area (Å²) in [6.07, 6.45) is 4.39. The van der Waals surface area contributed by atoms with Crippen LogP contribution in [0.3, 0.4) is 0 Å². The van der Waals surface area contributed by atoms with Crippen LogP contribution in [0.4, 0.5) is 11.8 Å². The summed E-state index contributed by atoms with van der Waals surface area (Å²) in [5.41, 5.74) is 2.53. The van der Waals surface area contributed by atoms with Gasteiger partial charge in [0.1, 0.15) is 5.82 Å². The number of nitrogens with one attached hydrogen (secondary N) is 2. The topological polar surface area (TPSA) is 96.9 Å². The quantitative estimate of drug-likeness (QED) is 0.699. The van der Waals surface area contributed by atoms with E-state index in [9.17, 15) is 9.59 Å². The number of aromatic nitrogens is 3. The summed E-state index contributed by atoms with van der Waals surface area (Å²) in [4.78, 5) is 33.2. The number of benzene rings is 1. The Bertz CT molecular complexity index is 833. The number of rotatable bonds is 5. The molecule has 0 aliphatic rings. The van der Waals surface area contributed by atoms with Gasteiger partial charge in [-0.15, -0.1) is 0 Å². The molecule has 0 atom stereocenters. The highest BCUT2D eigenvalue weighted by molar-refractivity contribution is 5.86. The molecule has 108 valence electrons. The molecule has 0 radical (unpaired) electrons. The van der Waals surface area contributed by atoms with E-state index in [1.807, 2.05) is 24.3 Å². The molecule has 0 aliphatic heterocycles. The first-order valence-electron chi connectivity index (χ1n) is 6.44. The Morgan fingerprint density at radius 2 is 1.64 bits per heavy atom. The SMILES string of the molecule is O=CNc1ccc2cc(-c3cnc(NC=O)nc3)ccc2n1. The van der Waals surface area contributed by atoms with Crippen molar-refractivity contribution in [3.05, 3.63) is 42.7 Å². The summed E-state index contributed by atoms with van der Waals surface area (Å²) in [7, 11) is 0. The minimum Gasteiger partial charge on any atom is -0.313 e. The average molecular weight is 293 g/mol. The van der Waals surface area contributed by atoms with E-state index < -0.39 is 0 Å². The molecule has 0 unspecified atom stereocenters. The summed E-state index contributed by atoms with van der Waals surface area (Å²) in [5, 5.41) is 5.84. The van der Waals surface area contributed by atoms with E-state index in [1.54, 1.807) is 18.5 Å². The zero-order chi connectivity index (χ0) is 15.4. The lowest BCUT2D eigenvalue weighted by molar-refractivity contribution is -0.106. The molecule has 2 heterocycles. The Balaban J connectivity index is 1.95. The van der Waals surface area contributed by atoms with Crippen molar-refractivity contribution in [2.75, 3.05) is 10.6 Å². The molecule has 3 rings (SSSR count). The monoisotopic (exact) mass is 293 g/mol. The van der Waals surface area contributed by atoms with Gasteiger partial charge in [-0.05, 0) is 29.8 Å². The molecule has 7 nitrogen and oxygen atoms in total. The Morgan fingerprint density at radius 3 is 2.36 bits per heavy atom. The van der Waals surface area contributed by atoms with Gasteiger partial charge in [0.25, 0.3) is 0 Å². The molecular weight excluding hydrogens is 282 g/mol. The van der Waals surface area contributed by atoms with Crippen molar-refractivity contribution in [3.63, 3.8) is 0 Å².